The second-order valence-corrected chi connectivity index (χ2v) is 9.90. The van der Waals surface area contributed by atoms with Crippen molar-refractivity contribution in [2.75, 3.05) is 19.7 Å². The molecule has 2 aromatic rings. The molecule has 2 N–H and O–H groups in total. The number of alkyl carbamates (subject to hydrolysis) is 1. The van der Waals surface area contributed by atoms with Gasteiger partial charge in [-0.2, -0.15) is 0 Å². The summed E-state index contributed by atoms with van der Waals surface area (Å²) in [4.78, 5) is 39.2. The van der Waals surface area contributed by atoms with Crippen LogP contribution in [0.5, 0.6) is 0 Å². The molecular formula is C28H34N2O5. The summed E-state index contributed by atoms with van der Waals surface area (Å²) < 4.78 is 5.58. The summed E-state index contributed by atoms with van der Waals surface area (Å²) in [7, 11) is 0. The predicted molar refractivity (Wildman–Crippen MR) is 133 cm³/mol. The third kappa shape index (κ3) is 5.04. The zero-order valence-electron chi connectivity index (χ0n) is 20.6. The molecule has 4 atom stereocenters. The Hall–Kier alpha value is -3.35. The molecule has 0 radical (unpaired) electrons. The van der Waals surface area contributed by atoms with E-state index in [2.05, 4.69) is 29.6 Å². The fraction of sp³-hybridized carbons (Fsp3) is 0.464. The van der Waals surface area contributed by atoms with Gasteiger partial charge in [0.15, 0.2) is 0 Å². The number of rotatable bonds is 7. The maximum absolute atomic E-state index is 13.3. The molecule has 0 aromatic heterocycles. The van der Waals surface area contributed by atoms with Gasteiger partial charge in [-0.05, 0) is 46.9 Å². The van der Waals surface area contributed by atoms with Crippen molar-refractivity contribution < 1.29 is 24.2 Å². The van der Waals surface area contributed by atoms with E-state index in [0.717, 1.165) is 28.7 Å². The highest BCUT2D eigenvalue weighted by Crippen LogP contribution is 2.44. The fourth-order valence-electron chi connectivity index (χ4n) is 5.70. The Kier molecular flexibility index (Phi) is 7.43. The Morgan fingerprint density at radius 3 is 2.23 bits per heavy atom. The first-order chi connectivity index (χ1) is 16.8. The van der Waals surface area contributed by atoms with Crippen molar-refractivity contribution in [1.29, 1.82) is 0 Å². The number of piperidine rings is 1. The smallest absolute Gasteiger partial charge is 0.407 e. The van der Waals surface area contributed by atoms with Gasteiger partial charge in [0.1, 0.15) is 12.6 Å². The number of hydrogen-bond donors (Lipinski definition) is 2. The van der Waals surface area contributed by atoms with Crippen LogP contribution >= 0.6 is 0 Å². The summed E-state index contributed by atoms with van der Waals surface area (Å²) in [6.07, 6.45) is 0.692. The number of nitrogens with zero attached hydrogens (tertiary/aromatic N) is 1. The summed E-state index contributed by atoms with van der Waals surface area (Å²) in [6, 6.07) is 15.4. The molecule has 1 aliphatic heterocycles. The fourth-order valence-corrected chi connectivity index (χ4v) is 5.70. The van der Waals surface area contributed by atoms with Crippen molar-refractivity contribution in [3.8, 4) is 11.1 Å². The molecule has 2 aliphatic rings. The molecule has 7 nitrogen and oxygen atoms in total. The van der Waals surface area contributed by atoms with E-state index in [1.165, 1.54) is 4.90 Å². The van der Waals surface area contributed by atoms with Gasteiger partial charge in [0, 0.05) is 19.0 Å². The number of amides is 2. The van der Waals surface area contributed by atoms with Gasteiger partial charge < -0.3 is 20.1 Å². The molecule has 0 spiro atoms. The number of carbonyl (C=O) groups is 3. The van der Waals surface area contributed by atoms with Crippen molar-refractivity contribution in [2.45, 2.75) is 45.6 Å². The van der Waals surface area contributed by atoms with Gasteiger partial charge in [-0.3, -0.25) is 4.79 Å². The van der Waals surface area contributed by atoms with E-state index >= 15 is 0 Å². The number of fused-ring (bicyclic) bond motifs is 3. The number of ether oxygens (including phenoxy) is 1. The Labute approximate surface area is 206 Å². The van der Waals surface area contributed by atoms with Crippen molar-refractivity contribution in [2.24, 2.45) is 17.8 Å². The van der Waals surface area contributed by atoms with Crippen LogP contribution in [0.4, 0.5) is 4.79 Å². The molecule has 4 unspecified atom stereocenters. The van der Waals surface area contributed by atoms with Gasteiger partial charge in [-0.25, -0.2) is 9.59 Å². The molecule has 7 heteroatoms. The van der Waals surface area contributed by atoms with Gasteiger partial charge in [0.05, 0.1) is 5.92 Å². The molecule has 0 bridgehead atoms. The lowest BCUT2D eigenvalue weighted by atomic mass is 9.84. The highest BCUT2D eigenvalue weighted by molar-refractivity contribution is 5.86. The first kappa shape index (κ1) is 24.8. The molecule has 1 aliphatic carbocycles. The van der Waals surface area contributed by atoms with Gasteiger partial charge in [0.2, 0.25) is 5.91 Å². The molecule has 1 saturated heterocycles. The Balaban J connectivity index is 1.37. The van der Waals surface area contributed by atoms with Crippen LogP contribution in [0, 0.1) is 17.8 Å². The first-order valence-electron chi connectivity index (χ1n) is 12.4. The van der Waals surface area contributed by atoms with E-state index in [0.29, 0.717) is 13.0 Å². The summed E-state index contributed by atoms with van der Waals surface area (Å²) in [5, 5.41) is 12.5. The van der Waals surface area contributed by atoms with Crippen molar-refractivity contribution >= 4 is 18.0 Å². The number of nitrogens with one attached hydrogen (secondary N) is 1. The van der Waals surface area contributed by atoms with Crippen LogP contribution in [0.15, 0.2) is 48.5 Å². The summed E-state index contributed by atoms with van der Waals surface area (Å²) in [5.74, 6) is -1.63. The van der Waals surface area contributed by atoms with Gasteiger partial charge in [0.25, 0.3) is 0 Å². The molecule has 4 rings (SSSR count). The van der Waals surface area contributed by atoms with E-state index in [4.69, 9.17) is 4.74 Å². The quantitative estimate of drug-likeness (QED) is 0.611. The largest absolute Gasteiger partial charge is 0.480 e. The molecule has 1 fully saturated rings. The lowest BCUT2D eigenvalue weighted by molar-refractivity contribution is -0.158. The van der Waals surface area contributed by atoms with Crippen molar-refractivity contribution in [1.82, 2.24) is 10.2 Å². The predicted octanol–water partition coefficient (Wildman–Crippen LogP) is 4.51. The first-order valence-corrected chi connectivity index (χ1v) is 12.4. The molecule has 2 amide bonds. The van der Waals surface area contributed by atoms with Crippen LogP contribution in [0.1, 0.15) is 50.7 Å². The molecule has 0 saturated carbocycles. The normalized spacial score (nSPS) is 22.1. The zero-order chi connectivity index (χ0) is 25.1. The topological polar surface area (TPSA) is 95.9 Å². The molecule has 35 heavy (non-hydrogen) atoms. The van der Waals surface area contributed by atoms with E-state index in [9.17, 15) is 19.5 Å². The van der Waals surface area contributed by atoms with Crippen LogP contribution in [0.3, 0.4) is 0 Å². The third-order valence-electron chi connectivity index (χ3n) is 7.37. The van der Waals surface area contributed by atoms with Gasteiger partial charge in [-0.15, -0.1) is 0 Å². The average Bonchev–Trinajstić information content (AvgIpc) is 3.16. The van der Waals surface area contributed by atoms with Crippen molar-refractivity contribution in [3.05, 3.63) is 59.7 Å². The summed E-state index contributed by atoms with van der Waals surface area (Å²) >= 11 is 0. The SMILES string of the molecule is CCC(CNC(=O)OCC1c2ccccc2-c2ccccc21)C(=O)N1CC(C)CC(C)C1C(=O)O. The summed E-state index contributed by atoms with van der Waals surface area (Å²) in [5.41, 5.74) is 4.59. The van der Waals surface area contributed by atoms with Crippen molar-refractivity contribution in [3.63, 3.8) is 0 Å². The van der Waals surface area contributed by atoms with E-state index in [1.807, 2.05) is 45.0 Å². The number of carboxylic acids is 1. The standard InChI is InChI=1S/C28H34N2O5/c1-4-19(26(31)30-15-17(2)13-18(3)25(30)27(32)33)14-29-28(34)35-16-24-22-11-7-5-9-20(22)21-10-6-8-12-23(21)24/h5-12,17-19,24-25H,4,13-16H2,1-3H3,(H,29,34)(H,32,33). The maximum atomic E-state index is 13.3. The number of hydrogen-bond acceptors (Lipinski definition) is 4. The van der Waals surface area contributed by atoms with Crippen LogP contribution in [0.2, 0.25) is 0 Å². The van der Waals surface area contributed by atoms with Crippen LogP contribution in [-0.4, -0.2) is 53.7 Å². The number of carboxylic acid groups (broad SMARTS) is 1. The maximum Gasteiger partial charge on any atom is 0.407 e. The molecular weight excluding hydrogens is 444 g/mol. The van der Waals surface area contributed by atoms with E-state index < -0.39 is 24.0 Å². The summed E-state index contributed by atoms with van der Waals surface area (Å²) in [6.45, 7) is 6.51. The highest BCUT2D eigenvalue weighted by atomic mass is 16.5. The lowest BCUT2D eigenvalue weighted by Gasteiger charge is -2.41. The third-order valence-corrected chi connectivity index (χ3v) is 7.37. The van der Waals surface area contributed by atoms with Gasteiger partial charge in [-0.1, -0.05) is 69.3 Å². The monoisotopic (exact) mass is 478 g/mol. The van der Waals surface area contributed by atoms with E-state index in [-0.39, 0.29) is 36.8 Å². The minimum absolute atomic E-state index is 0.0376. The van der Waals surface area contributed by atoms with Crippen LogP contribution < -0.4 is 5.32 Å². The van der Waals surface area contributed by atoms with Gasteiger partial charge >= 0.3 is 12.1 Å². The Bertz CT molecular complexity index is 1050. The average molecular weight is 479 g/mol. The number of benzene rings is 2. The number of aliphatic carboxylic acids is 1. The second kappa shape index (κ2) is 10.5. The zero-order valence-corrected chi connectivity index (χ0v) is 20.6. The highest BCUT2D eigenvalue weighted by Gasteiger charge is 2.41. The molecule has 2 aromatic carbocycles. The molecule has 186 valence electrons. The minimum Gasteiger partial charge on any atom is -0.480 e. The Morgan fingerprint density at radius 2 is 1.66 bits per heavy atom. The van der Waals surface area contributed by atoms with E-state index in [1.54, 1.807) is 0 Å². The minimum atomic E-state index is -0.975. The van der Waals surface area contributed by atoms with Crippen LogP contribution in [0.25, 0.3) is 11.1 Å². The second-order valence-electron chi connectivity index (χ2n) is 9.90. The number of carbonyl (C=O) groups excluding carboxylic acids is 2. The molecule has 1 heterocycles. The lowest BCUT2D eigenvalue weighted by Crippen LogP contribution is -2.56. The Morgan fingerprint density at radius 1 is 1.06 bits per heavy atom. The number of likely N-dealkylation sites (tertiary alicyclic amines) is 1. The van der Waals surface area contributed by atoms with Crippen LogP contribution in [-0.2, 0) is 14.3 Å².